The number of nitrogens with zero attached hydrogens (tertiary/aromatic N) is 3. The second kappa shape index (κ2) is 4.03. The van der Waals surface area contributed by atoms with E-state index in [-0.39, 0.29) is 23.0 Å². The number of fused-ring (bicyclic) bond motifs is 2. The standard InChI is InChI=1S/C15H14N4O/c1-9-6-8-17-14-12(9)18-15(20)11-3-2-7-16-13(11)19(14)10-4-5-10/h2-3,6-8,10H,4-5H2,1H3,(H,18,20)/i1D3,2D,3D,6D,7D,8D/hD. The van der Waals surface area contributed by atoms with Gasteiger partial charge in [-0.1, -0.05) is 0 Å². The topological polar surface area (TPSA) is 58.1 Å². The molecule has 0 saturated heterocycles. The van der Waals surface area contributed by atoms with Crippen LogP contribution in [0.1, 0.15) is 39.7 Å². The molecule has 100 valence electrons. The van der Waals surface area contributed by atoms with Crippen LogP contribution in [0.25, 0.3) is 0 Å². The third-order valence-electron chi connectivity index (χ3n) is 3.22. The van der Waals surface area contributed by atoms with Crippen LogP contribution in [0.4, 0.5) is 17.3 Å². The Morgan fingerprint density at radius 1 is 1.40 bits per heavy atom. The molecule has 0 unspecified atom stereocenters. The molecule has 2 aromatic heterocycles. The molecule has 3 heterocycles. The fourth-order valence-electron chi connectivity index (χ4n) is 2.18. The van der Waals surface area contributed by atoms with Gasteiger partial charge in [0.1, 0.15) is 5.82 Å². The van der Waals surface area contributed by atoms with E-state index in [1.165, 1.54) is 4.90 Å². The lowest BCUT2D eigenvalue weighted by atomic mass is 10.2. The van der Waals surface area contributed by atoms with E-state index < -0.39 is 60.0 Å². The van der Waals surface area contributed by atoms with Gasteiger partial charge in [0, 0.05) is 22.5 Å². The molecule has 1 N–H and O–H groups in total. The van der Waals surface area contributed by atoms with E-state index in [4.69, 9.17) is 12.4 Å². The van der Waals surface area contributed by atoms with Gasteiger partial charge in [0.25, 0.3) is 5.91 Å². The highest BCUT2D eigenvalue weighted by molar-refractivity contribution is 6.11. The first-order valence-corrected chi connectivity index (χ1v) is 6.07. The molecule has 0 bridgehead atoms. The fourth-order valence-corrected chi connectivity index (χ4v) is 2.18. The summed E-state index contributed by atoms with van der Waals surface area (Å²) in [6.07, 6.45) is 0.0543. The van der Waals surface area contributed by atoms with Crippen LogP contribution < -0.4 is 10.2 Å². The van der Waals surface area contributed by atoms with Crippen LogP contribution in [0.2, 0.25) is 1.41 Å². The van der Waals surface area contributed by atoms with Crippen LogP contribution in [0.15, 0.2) is 30.5 Å². The maximum atomic E-state index is 13.0. The van der Waals surface area contributed by atoms with Gasteiger partial charge in [-0.15, -0.1) is 0 Å². The summed E-state index contributed by atoms with van der Waals surface area (Å²) in [5.74, 6) is -1.48. The number of pyridine rings is 2. The average molecular weight is 275 g/mol. The highest BCUT2D eigenvalue weighted by Crippen LogP contribution is 2.43. The average Bonchev–Trinajstić information content (AvgIpc) is 3.45. The molecule has 0 atom stereocenters. The van der Waals surface area contributed by atoms with Crippen molar-refractivity contribution in [1.29, 1.82) is 0 Å². The Bertz CT molecular complexity index is 1070. The minimum atomic E-state index is -2.91. The summed E-state index contributed by atoms with van der Waals surface area (Å²) in [5, 5.41) is 0.242. The van der Waals surface area contributed by atoms with Gasteiger partial charge in [-0.25, -0.2) is 9.97 Å². The third kappa shape index (κ3) is 1.59. The third-order valence-corrected chi connectivity index (χ3v) is 3.22. The number of hydrogen-bond acceptors (Lipinski definition) is 4. The normalized spacial score (nSPS) is 24.6. The van der Waals surface area contributed by atoms with Crippen LogP contribution in [0.5, 0.6) is 0 Å². The Hall–Kier alpha value is -2.43. The minimum absolute atomic E-state index is 0.166. The van der Waals surface area contributed by atoms with E-state index in [1.807, 2.05) is 0 Å². The second-order valence-corrected chi connectivity index (χ2v) is 4.59. The predicted molar refractivity (Wildman–Crippen MR) is 76.3 cm³/mol. The number of carbonyl (C=O) groups is 1. The minimum Gasteiger partial charge on any atom is -0.318 e. The van der Waals surface area contributed by atoms with E-state index >= 15 is 0 Å². The van der Waals surface area contributed by atoms with E-state index in [0.29, 0.717) is 12.8 Å². The van der Waals surface area contributed by atoms with Crippen molar-refractivity contribution in [3.63, 3.8) is 0 Å². The lowest BCUT2D eigenvalue weighted by Gasteiger charge is -2.23. The Morgan fingerprint density at radius 3 is 3.05 bits per heavy atom. The van der Waals surface area contributed by atoms with Crippen molar-refractivity contribution in [3.8, 4) is 0 Å². The van der Waals surface area contributed by atoms with Gasteiger partial charge < -0.3 is 10.2 Å². The fraction of sp³-hybridized carbons (Fsp3) is 0.267. The van der Waals surface area contributed by atoms with Gasteiger partial charge in [0.15, 0.2) is 7.23 Å². The van der Waals surface area contributed by atoms with Crippen LogP contribution in [-0.4, -0.2) is 21.9 Å². The summed E-state index contributed by atoms with van der Waals surface area (Å²) in [7, 11) is 0. The molecule has 20 heavy (non-hydrogen) atoms. The Morgan fingerprint density at radius 2 is 2.25 bits per heavy atom. The zero-order chi connectivity index (χ0) is 21.4. The van der Waals surface area contributed by atoms with Crippen molar-refractivity contribution in [2.75, 3.05) is 10.2 Å². The van der Waals surface area contributed by atoms with E-state index in [0.717, 1.165) is 0 Å². The van der Waals surface area contributed by atoms with Crippen LogP contribution in [0.3, 0.4) is 0 Å². The molecule has 0 spiro atoms. The Labute approximate surface area is 129 Å². The molecule has 1 saturated carbocycles. The van der Waals surface area contributed by atoms with Gasteiger partial charge >= 0.3 is 0 Å². The number of hydrogen-bond donors (Lipinski definition) is 1. The summed E-state index contributed by atoms with van der Waals surface area (Å²) >= 11 is 0. The number of rotatable bonds is 1. The van der Waals surface area contributed by atoms with Crippen molar-refractivity contribution in [2.45, 2.75) is 25.7 Å². The molecule has 4 rings (SSSR count). The quantitative estimate of drug-likeness (QED) is 0.869. The smallest absolute Gasteiger partial charge is 0.259 e. The molecule has 1 fully saturated rings. The summed E-state index contributed by atoms with van der Waals surface area (Å²) in [4.78, 5) is 22.4. The van der Waals surface area contributed by atoms with Crippen LogP contribution >= 0.6 is 0 Å². The molecular formula is C15H14N4O. The van der Waals surface area contributed by atoms with Crippen LogP contribution in [0, 0.1) is 6.85 Å². The van der Waals surface area contributed by atoms with Gasteiger partial charge in [-0.2, -0.15) is 0 Å². The molecule has 2 aromatic rings. The molecular weight excluding hydrogens is 252 g/mol. The number of aromatic nitrogens is 2. The predicted octanol–water partition coefficient (Wildman–Crippen LogP) is 2.65. The SMILES string of the molecule is [2H]c1nc2c(c([2H])c1[2H])C(=O)N([2H])c1c(nc([2H])c([2H])c1C([2H])([2H])[2H])N2C1CC1. The maximum Gasteiger partial charge on any atom is 0.259 e. The van der Waals surface area contributed by atoms with E-state index in [2.05, 4.69) is 9.97 Å². The Kier molecular flexibility index (Phi) is 1.11. The summed E-state index contributed by atoms with van der Waals surface area (Å²) in [5.41, 5.74) is -1.56. The lowest BCUT2D eigenvalue weighted by Crippen LogP contribution is -2.22. The first kappa shape index (κ1) is 5.52. The molecule has 0 aromatic carbocycles. The van der Waals surface area contributed by atoms with Gasteiger partial charge in [-0.3, -0.25) is 4.79 Å². The zero-order valence-electron chi connectivity index (χ0n) is 19.2. The molecule has 0 radical (unpaired) electrons. The van der Waals surface area contributed by atoms with Crippen LogP contribution in [-0.2, 0) is 0 Å². The lowest BCUT2D eigenvalue weighted by molar-refractivity contribution is 0.102. The summed E-state index contributed by atoms with van der Waals surface area (Å²) < 4.78 is 71.4. The number of anilines is 3. The van der Waals surface area contributed by atoms with Crippen molar-refractivity contribution in [2.24, 2.45) is 0 Å². The Balaban J connectivity index is 2.15. The highest BCUT2D eigenvalue weighted by Gasteiger charge is 2.37. The summed E-state index contributed by atoms with van der Waals surface area (Å²) in [6, 6.07) is -2.22. The first-order valence-electron chi connectivity index (χ1n) is 10.5. The molecule has 1 aliphatic heterocycles. The maximum absolute atomic E-state index is 13.0. The second-order valence-electron chi connectivity index (χ2n) is 4.59. The molecule has 2 aliphatic rings. The molecule has 5 nitrogen and oxygen atoms in total. The van der Waals surface area contributed by atoms with Crippen molar-refractivity contribution in [1.82, 2.24) is 9.97 Å². The molecule has 1 amide bonds. The summed E-state index contributed by atoms with van der Waals surface area (Å²) in [6.45, 7) is -2.91. The van der Waals surface area contributed by atoms with Gasteiger partial charge in [-0.05, 0) is 43.4 Å². The van der Waals surface area contributed by atoms with E-state index in [1.54, 1.807) is 0 Å². The van der Waals surface area contributed by atoms with Crippen molar-refractivity contribution < 1.29 is 17.2 Å². The first-order chi connectivity index (χ1) is 13.4. The monoisotopic (exact) mass is 275 g/mol. The highest BCUT2D eigenvalue weighted by atomic mass is 16.1. The molecule has 5 heteroatoms. The number of carbonyl (C=O) groups excluding carboxylic acids is 1. The van der Waals surface area contributed by atoms with Crippen molar-refractivity contribution >= 4 is 23.2 Å². The molecule has 1 aliphatic carbocycles. The van der Waals surface area contributed by atoms with E-state index in [9.17, 15) is 4.79 Å². The van der Waals surface area contributed by atoms with Gasteiger partial charge in [0.2, 0.25) is 0 Å². The zero-order valence-corrected chi connectivity index (χ0v) is 10.2. The number of amides is 1. The van der Waals surface area contributed by atoms with Crippen molar-refractivity contribution in [3.05, 3.63) is 41.6 Å². The largest absolute Gasteiger partial charge is 0.318 e. The van der Waals surface area contributed by atoms with Gasteiger partial charge in [0.05, 0.1) is 18.1 Å². The number of nitrogens with one attached hydrogen (secondary N) is 1.